The van der Waals surface area contributed by atoms with Crippen molar-refractivity contribution in [3.63, 3.8) is 0 Å². The van der Waals surface area contributed by atoms with E-state index in [1.807, 2.05) is 0 Å². The minimum atomic E-state index is 0.667. The molecule has 1 fully saturated rings. The van der Waals surface area contributed by atoms with Gasteiger partial charge < -0.3 is 9.80 Å². The molecule has 1 atom stereocenters. The van der Waals surface area contributed by atoms with Crippen LogP contribution in [-0.4, -0.2) is 49.6 Å². The first-order valence-corrected chi connectivity index (χ1v) is 4.99. The van der Waals surface area contributed by atoms with Crippen molar-refractivity contribution in [2.75, 3.05) is 33.7 Å². The van der Waals surface area contributed by atoms with E-state index in [9.17, 15) is 0 Å². The topological polar surface area (TPSA) is 30.3 Å². The normalized spacial score (nSPS) is 24.6. The van der Waals surface area contributed by atoms with Crippen LogP contribution in [0.4, 0.5) is 0 Å². The lowest BCUT2D eigenvalue weighted by atomic mass is 10.0. The van der Waals surface area contributed by atoms with Crippen molar-refractivity contribution in [2.45, 2.75) is 25.3 Å². The van der Waals surface area contributed by atoms with Crippen molar-refractivity contribution >= 4 is 0 Å². The van der Waals surface area contributed by atoms with Gasteiger partial charge in [0, 0.05) is 25.6 Å². The molecule has 0 spiro atoms. The van der Waals surface area contributed by atoms with Crippen molar-refractivity contribution in [2.24, 2.45) is 0 Å². The molecule has 0 aromatic heterocycles. The minimum absolute atomic E-state index is 0.667. The zero-order chi connectivity index (χ0) is 9.68. The average Bonchev–Trinajstić information content (AvgIpc) is 2.15. The van der Waals surface area contributed by atoms with Crippen molar-refractivity contribution in [1.82, 2.24) is 9.80 Å². The summed E-state index contributed by atoms with van der Waals surface area (Å²) in [5.41, 5.74) is 0. The molecule has 1 saturated heterocycles. The summed E-state index contributed by atoms with van der Waals surface area (Å²) in [5.74, 6) is 0. The lowest BCUT2D eigenvalue weighted by Crippen LogP contribution is -2.45. The number of piperidine rings is 1. The molecule has 1 aliphatic rings. The number of rotatable bonds is 3. The van der Waals surface area contributed by atoms with E-state index in [0.29, 0.717) is 12.5 Å². The second-order valence-electron chi connectivity index (χ2n) is 3.97. The predicted molar refractivity (Wildman–Crippen MR) is 53.4 cm³/mol. The molecule has 3 nitrogen and oxygen atoms in total. The van der Waals surface area contributed by atoms with Gasteiger partial charge in [-0.1, -0.05) is 0 Å². The summed E-state index contributed by atoms with van der Waals surface area (Å²) in [6.45, 7) is 3.25. The molecule has 0 saturated carbocycles. The second kappa shape index (κ2) is 5.21. The minimum Gasteiger partial charge on any atom is -0.305 e. The summed E-state index contributed by atoms with van der Waals surface area (Å²) in [7, 11) is 4.27. The Morgan fingerprint density at radius 2 is 2.31 bits per heavy atom. The Balaban J connectivity index is 2.29. The fourth-order valence-electron chi connectivity index (χ4n) is 1.86. The van der Waals surface area contributed by atoms with E-state index >= 15 is 0 Å². The Hall–Kier alpha value is -0.590. The van der Waals surface area contributed by atoms with E-state index in [-0.39, 0.29) is 0 Å². The predicted octanol–water partition coefficient (Wildman–Crippen LogP) is 0.926. The van der Waals surface area contributed by atoms with Gasteiger partial charge in [0.2, 0.25) is 0 Å². The molecular formula is C10H19N3. The van der Waals surface area contributed by atoms with Gasteiger partial charge in [0.1, 0.15) is 0 Å². The second-order valence-corrected chi connectivity index (χ2v) is 3.97. The highest BCUT2D eigenvalue weighted by molar-refractivity contribution is 4.80. The zero-order valence-corrected chi connectivity index (χ0v) is 8.66. The molecule has 1 rings (SSSR count). The molecule has 0 aromatic rings. The molecule has 0 amide bonds. The Morgan fingerprint density at radius 3 is 2.92 bits per heavy atom. The number of hydrogen-bond acceptors (Lipinski definition) is 3. The average molecular weight is 181 g/mol. The maximum Gasteiger partial charge on any atom is 0.0635 e. The zero-order valence-electron chi connectivity index (χ0n) is 8.66. The first-order valence-electron chi connectivity index (χ1n) is 4.99. The lowest BCUT2D eigenvalue weighted by molar-refractivity contribution is 0.135. The number of nitrogens with zero attached hydrogens (tertiary/aromatic N) is 3. The van der Waals surface area contributed by atoms with Crippen LogP contribution in [0, 0.1) is 11.3 Å². The Labute approximate surface area is 80.9 Å². The summed E-state index contributed by atoms with van der Waals surface area (Å²) in [5, 5.41) is 8.48. The molecule has 0 radical (unpaired) electrons. The summed E-state index contributed by atoms with van der Waals surface area (Å²) < 4.78 is 0. The largest absolute Gasteiger partial charge is 0.305 e. The molecule has 13 heavy (non-hydrogen) atoms. The highest BCUT2D eigenvalue weighted by Crippen LogP contribution is 2.13. The Morgan fingerprint density at radius 1 is 1.54 bits per heavy atom. The fourth-order valence-corrected chi connectivity index (χ4v) is 1.86. The van der Waals surface area contributed by atoms with Gasteiger partial charge >= 0.3 is 0 Å². The lowest BCUT2D eigenvalue weighted by Gasteiger charge is -2.35. The van der Waals surface area contributed by atoms with E-state index in [4.69, 9.17) is 5.26 Å². The van der Waals surface area contributed by atoms with Crippen LogP contribution in [0.5, 0.6) is 0 Å². The molecule has 1 heterocycles. The SMILES string of the molecule is CN(C)C1CCCN(CCC#N)C1. The molecule has 0 aromatic carbocycles. The van der Waals surface area contributed by atoms with E-state index in [2.05, 4.69) is 30.0 Å². The summed E-state index contributed by atoms with van der Waals surface area (Å²) >= 11 is 0. The maximum atomic E-state index is 8.48. The molecular weight excluding hydrogens is 162 g/mol. The highest BCUT2D eigenvalue weighted by Gasteiger charge is 2.20. The van der Waals surface area contributed by atoms with Crippen molar-refractivity contribution in [1.29, 1.82) is 5.26 Å². The number of hydrogen-bond donors (Lipinski definition) is 0. The molecule has 74 valence electrons. The van der Waals surface area contributed by atoms with Crippen LogP contribution in [0.2, 0.25) is 0 Å². The Kier molecular flexibility index (Phi) is 4.20. The number of nitriles is 1. The first-order chi connectivity index (χ1) is 6.24. The third kappa shape index (κ3) is 3.33. The van der Waals surface area contributed by atoms with Crippen molar-refractivity contribution in [3.8, 4) is 6.07 Å². The summed E-state index contributed by atoms with van der Waals surface area (Å²) in [6.07, 6.45) is 3.24. The van der Waals surface area contributed by atoms with Crippen LogP contribution in [0.1, 0.15) is 19.3 Å². The molecule has 1 aliphatic heterocycles. The van der Waals surface area contributed by atoms with E-state index < -0.39 is 0 Å². The summed E-state index contributed by atoms with van der Waals surface area (Å²) in [4.78, 5) is 4.69. The van der Waals surface area contributed by atoms with E-state index in [0.717, 1.165) is 13.1 Å². The molecule has 0 bridgehead atoms. The van der Waals surface area contributed by atoms with Gasteiger partial charge in [-0.05, 0) is 33.5 Å². The Bertz CT molecular complexity index is 183. The molecule has 1 unspecified atom stereocenters. The third-order valence-electron chi connectivity index (χ3n) is 2.75. The van der Waals surface area contributed by atoms with Gasteiger partial charge in [0.25, 0.3) is 0 Å². The van der Waals surface area contributed by atoms with Gasteiger partial charge in [0.05, 0.1) is 6.07 Å². The standard InChI is InChI=1S/C10H19N3/c1-12(2)10-5-3-7-13(9-10)8-4-6-11/h10H,3-5,7-9H2,1-2H3. The van der Waals surface area contributed by atoms with Crippen LogP contribution >= 0.6 is 0 Å². The molecule has 3 heteroatoms. The van der Waals surface area contributed by atoms with Crippen molar-refractivity contribution in [3.05, 3.63) is 0 Å². The highest BCUT2D eigenvalue weighted by atomic mass is 15.2. The van der Waals surface area contributed by atoms with Crippen LogP contribution in [0.15, 0.2) is 0 Å². The molecule has 0 aliphatic carbocycles. The van der Waals surface area contributed by atoms with Crippen LogP contribution < -0.4 is 0 Å². The van der Waals surface area contributed by atoms with Crippen molar-refractivity contribution < 1.29 is 0 Å². The van der Waals surface area contributed by atoms with Gasteiger partial charge in [-0.25, -0.2) is 0 Å². The van der Waals surface area contributed by atoms with Crippen LogP contribution in [-0.2, 0) is 0 Å². The first kappa shape index (κ1) is 10.5. The van der Waals surface area contributed by atoms with Gasteiger partial charge in [-0.3, -0.25) is 0 Å². The summed E-state index contributed by atoms with van der Waals surface area (Å²) in [6, 6.07) is 2.89. The number of likely N-dealkylation sites (tertiary alicyclic amines) is 1. The van der Waals surface area contributed by atoms with Crippen LogP contribution in [0.25, 0.3) is 0 Å². The quantitative estimate of drug-likeness (QED) is 0.649. The maximum absolute atomic E-state index is 8.48. The van der Waals surface area contributed by atoms with Gasteiger partial charge in [-0.2, -0.15) is 5.26 Å². The van der Waals surface area contributed by atoms with Crippen LogP contribution in [0.3, 0.4) is 0 Å². The van der Waals surface area contributed by atoms with E-state index in [1.54, 1.807) is 0 Å². The number of likely N-dealkylation sites (N-methyl/N-ethyl adjacent to an activating group) is 1. The van der Waals surface area contributed by atoms with Gasteiger partial charge in [0.15, 0.2) is 0 Å². The van der Waals surface area contributed by atoms with E-state index in [1.165, 1.54) is 19.4 Å². The molecule has 0 N–H and O–H groups in total. The monoisotopic (exact) mass is 181 g/mol. The smallest absolute Gasteiger partial charge is 0.0635 e. The van der Waals surface area contributed by atoms with Gasteiger partial charge in [-0.15, -0.1) is 0 Å². The fraction of sp³-hybridized carbons (Fsp3) is 0.900. The third-order valence-corrected chi connectivity index (χ3v) is 2.75.